The summed E-state index contributed by atoms with van der Waals surface area (Å²) in [4.78, 5) is 0. The Morgan fingerprint density at radius 3 is 1.67 bits per heavy atom. The fourth-order valence-electron chi connectivity index (χ4n) is 2.25. The molecule has 2 fully saturated rings. The molecule has 0 heterocycles. The number of hydrogen-bond donors (Lipinski definition) is 0. The van der Waals surface area contributed by atoms with Gasteiger partial charge in [-0.1, -0.05) is 43.3 Å². The molecule has 0 atom stereocenters. The van der Waals surface area contributed by atoms with Crippen molar-refractivity contribution in [1.29, 1.82) is 0 Å². The molecule has 12 heavy (non-hydrogen) atoms. The minimum Gasteiger partial charge on any atom is -0.449 e. The molecule has 0 nitrogen and oxygen atoms in total. The number of hydrogen-bond acceptors (Lipinski definition) is 0. The van der Waals surface area contributed by atoms with E-state index in [1.54, 1.807) is 0 Å². The first-order valence-corrected chi connectivity index (χ1v) is 4.26. The van der Waals surface area contributed by atoms with Crippen LogP contribution in [0.5, 0.6) is 0 Å². The van der Waals surface area contributed by atoms with Gasteiger partial charge in [0, 0.05) is 0 Å². The van der Waals surface area contributed by atoms with Crippen LogP contribution in [0.2, 0.25) is 5.31 Å². The van der Waals surface area contributed by atoms with E-state index in [1.165, 1.54) is 0 Å². The Kier molecular flexibility index (Phi) is 3.44. The van der Waals surface area contributed by atoms with Crippen molar-refractivity contribution >= 4 is 6.98 Å². The van der Waals surface area contributed by atoms with Gasteiger partial charge >= 0.3 is 58.4 Å². The van der Waals surface area contributed by atoms with E-state index in [2.05, 4.69) is 0 Å². The predicted molar refractivity (Wildman–Crippen MR) is 38.3 cm³/mol. The maximum absolute atomic E-state index is 12.5. The van der Waals surface area contributed by atoms with Gasteiger partial charge < -0.3 is 12.9 Å². The van der Waals surface area contributed by atoms with E-state index in [4.69, 9.17) is 0 Å². The molecule has 0 aromatic carbocycles. The van der Waals surface area contributed by atoms with Crippen molar-refractivity contribution in [2.24, 2.45) is 5.92 Å². The van der Waals surface area contributed by atoms with E-state index in [1.807, 2.05) is 0 Å². The van der Waals surface area contributed by atoms with Crippen LogP contribution >= 0.6 is 0 Å². The van der Waals surface area contributed by atoms with E-state index < -0.39 is 12.3 Å². The Labute approximate surface area is 113 Å². The molecule has 2 aliphatic carbocycles. The monoisotopic (exact) mass is 202 g/mol. The summed E-state index contributed by atoms with van der Waals surface area (Å²) < 4.78 is 37.5. The first-order chi connectivity index (χ1) is 5.06. The quantitative estimate of drug-likeness (QED) is 0.560. The van der Waals surface area contributed by atoms with Crippen LogP contribution in [-0.4, -0.2) is 6.98 Å². The molecule has 0 bridgehead atoms. The molecule has 64 valence electrons. The second-order valence-electron chi connectivity index (χ2n) is 3.94. The molecular weight excluding hydrogens is 191 g/mol. The van der Waals surface area contributed by atoms with Gasteiger partial charge in [-0.3, -0.25) is 0 Å². The fraction of sp³-hybridized carbons (Fsp3) is 1.00. The van der Waals surface area contributed by atoms with Gasteiger partial charge in [0.25, 0.3) is 0 Å². The molecule has 0 spiro atoms. The normalized spacial score (nSPS) is 27.2. The largest absolute Gasteiger partial charge is 1.00 e. The summed E-state index contributed by atoms with van der Waals surface area (Å²) in [5.41, 5.74) is 0. The molecule has 0 unspecified atom stereocenters. The van der Waals surface area contributed by atoms with Crippen LogP contribution in [-0.2, 0) is 0 Å². The van der Waals surface area contributed by atoms with Crippen molar-refractivity contribution in [3.05, 3.63) is 0 Å². The second kappa shape index (κ2) is 3.57. The zero-order valence-corrected chi connectivity index (χ0v) is 10.4. The summed E-state index contributed by atoms with van der Waals surface area (Å²) >= 11 is 0. The smallest absolute Gasteiger partial charge is 0.449 e. The number of rotatable bonds is 2. The van der Waals surface area contributed by atoms with E-state index in [9.17, 15) is 12.9 Å². The first kappa shape index (κ1) is 11.6. The zero-order valence-electron chi connectivity index (χ0n) is 7.32. The molecule has 0 N–H and O–H groups in total. The molecular formula is C7H11BF3K. The van der Waals surface area contributed by atoms with Gasteiger partial charge in [-0.15, -0.1) is 0 Å². The van der Waals surface area contributed by atoms with Gasteiger partial charge in [-0.2, -0.15) is 0 Å². The van der Waals surface area contributed by atoms with E-state index in [0.717, 1.165) is 19.3 Å². The molecule has 2 aliphatic rings. The molecule has 2 saturated carbocycles. The Hall–Kier alpha value is 1.49. The SMILES string of the molecule is F[B-](F)(F)C1(C2CC2)CCC1.[K+]. The first-order valence-electron chi connectivity index (χ1n) is 4.26. The van der Waals surface area contributed by atoms with Crippen LogP contribution in [0, 0.1) is 5.92 Å². The third kappa shape index (κ3) is 1.67. The fourth-order valence-corrected chi connectivity index (χ4v) is 2.25. The Morgan fingerprint density at radius 1 is 1.08 bits per heavy atom. The maximum Gasteiger partial charge on any atom is 1.00 e. The average molecular weight is 202 g/mol. The second-order valence-corrected chi connectivity index (χ2v) is 3.94. The van der Waals surface area contributed by atoms with Crippen LogP contribution in [0.4, 0.5) is 12.9 Å². The third-order valence-electron chi connectivity index (χ3n) is 3.33. The topological polar surface area (TPSA) is 0 Å². The zero-order chi connectivity index (χ0) is 8.11. The molecule has 0 aromatic heterocycles. The predicted octanol–water partition coefficient (Wildman–Crippen LogP) is 0.172. The van der Waals surface area contributed by atoms with Crippen molar-refractivity contribution in [2.75, 3.05) is 0 Å². The van der Waals surface area contributed by atoms with Gasteiger partial charge in [-0.25, -0.2) is 0 Å². The van der Waals surface area contributed by atoms with Crippen molar-refractivity contribution < 1.29 is 64.3 Å². The number of halogens is 3. The molecule has 0 saturated heterocycles. The van der Waals surface area contributed by atoms with Gasteiger partial charge in [-0.05, 0) is 0 Å². The molecule has 0 radical (unpaired) electrons. The van der Waals surface area contributed by atoms with E-state index >= 15 is 0 Å². The van der Waals surface area contributed by atoms with Gasteiger partial charge in [0.2, 0.25) is 0 Å². The van der Waals surface area contributed by atoms with E-state index in [-0.39, 0.29) is 57.3 Å². The van der Waals surface area contributed by atoms with Crippen LogP contribution < -0.4 is 51.4 Å². The molecule has 5 heteroatoms. The van der Waals surface area contributed by atoms with Crippen LogP contribution in [0.15, 0.2) is 0 Å². The Bertz CT molecular complexity index is 172. The van der Waals surface area contributed by atoms with E-state index in [0.29, 0.717) is 12.8 Å². The molecule has 2 rings (SSSR count). The van der Waals surface area contributed by atoms with Gasteiger partial charge in [0.05, 0.1) is 0 Å². The maximum atomic E-state index is 12.5. The molecule has 0 aromatic rings. The standard InChI is InChI=1S/C7H11BF3.K/c9-8(10,11)7(4-1-5-7)6-2-3-6;/h6H,1-5H2;/q-1;+1. The van der Waals surface area contributed by atoms with Crippen LogP contribution in [0.25, 0.3) is 0 Å². The summed E-state index contributed by atoms with van der Waals surface area (Å²) in [7, 11) is 0. The minimum absolute atomic E-state index is 0. The van der Waals surface area contributed by atoms with Crippen molar-refractivity contribution in [2.45, 2.75) is 37.4 Å². The summed E-state index contributed by atoms with van der Waals surface area (Å²) in [5, 5.41) is -1.17. The van der Waals surface area contributed by atoms with Crippen molar-refractivity contribution in [3.63, 3.8) is 0 Å². The van der Waals surface area contributed by atoms with Crippen molar-refractivity contribution in [1.82, 2.24) is 0 Å². The Balaban J connectivity index is 0.000000720. The average Bonchev–Trinajstić information content (AvgIpc) is 2.38. The summed E-state index contributed by atoms with van der Waals surface area (Å²) in [6, 6.07) is 0. The Morgan fingerprint density at radius 2 is 1.58 bits per heavy atom. The van der Waals surface area contributed by atoms with Crippen LogP contribution in [0.1, 0.15) is 32.1 Å². The summed E-state index contributed by atoms with van der Waals surface area (Å²) in [6.45, 7) is -4.55. The van der Waals surface area contributed by atoms with Gasteiger partial charge in [0.15, 0.2) is 0 Å². The van der Waals surface area contributed by atoms with Crippen molar-refractivity contribution in [3.8, 4) is 0 Å². The third-order valence-corrected chi connectivity index (χ3v) is 3.33. The molecule has 0 amide bonds. The summed E-state index contributed by atoms with van der Waals surface area (Å²) in [6.07, 6.45) is 3.27. The van der Waals surface area contributed by atoms with Gasteiger partial charge in [0.1, 0.15) is 0 Å². The summed E-state index contributed by atoms with van der Waals surface area (Å²) in [5.74, 6) is 0.0104. The minimum atomic E-state index is -4.55. The molecule has 0 aliphatic heterocycles. The van der Waals surface area contributed by atoms with Crippen LogP contribution in [0.3, 0.4) is 0 Å².